The second-order valence-electron chi connectivity index (χ2n) is 7.52. The molecule has 5 nitrogen and oxygen atoms in total. The molecule has 0 saturated heterocycles. The molecule has 1 aliphatic rings. The molecule has 1 amide bonds. The third kappa shape index (κ3) is 5.58. The average Bonchev–Trinajstić information content (AvgIpc) is 2.71. The van der Waals surface area contributed by atoms with Crippen molar-refractivity contribution < 1.29 is 13.2 Å². The van der Waals surface area contributed by atoms with Crippen LogP contribution in [0.3, 0.4) is 0 Å². The van der Waals surface area contributed by atoms with Gasteiger partial charge < -0.3 is 5.32 Å². The second-order valence-corrected chi connectivity index (χ2v) is 9.42. The van der Waals surface area contributed by atoms with Crippen LogP contribution in [-0.4, -0.2) is 27.1 Å². The predicted octanol–water partition coefficient (Wildman–Crippen LogP) is 3.96. The molecule has 28 heavy (non-hydrogen) atoms. The molecule has 2 aromatic carbocycles. The largest absolute Gasteiger partial charge is 0.352 e. The molecule has 3 rings (SSSR count). The highest BCUT2D eigenvalue weighted by molar-refractivity contribution is 7.92. The molecule has 2 aromatic rings. The number of nitrogens with one attached hydrogen (secondary N) is 1. The summed E-state index contributed by atoms with van der Waals surface area (Å²) in [4.78, 5) is 12.4. The molecule has 0 radical (unpaired) electrons. The zero-order chi connectivity index (χ0) is 20.0. The first-order valence-electron chi connectivity index (χ1n) is 9.83. The zero-order valence-corrected chi connectivity index (χ0v) is 17.1. The topological polar surface area (TPSA) is 66.5 Å². The van der Waals surface area contributed by atoms with E-state index < -0.39 is 10.0 Å². The molecule has 6 heteroatoms. The maximum atomic E-state index is 12.4. The van der Waals surface area contributed by atoms with Crippen molar-refractivity contribution >= 4 is 21.6 Å². The third-order valence-corrected chi connectivity index (χ3v) is 6.40. The Morgan fingerprint density at radius 2 is 1.64 bits per heavy atom. The minimum atomic E-state index is -3.44. The Morgan fingerprint density at radius 1 is 1.00 bits per heavy atom. The van der Waals surface area contributed by atoms with Gasteiger partial charge in [-0.3, -0.25) is 9.10 Å². The van der Waals surface area contributed by atoms with Crippen molar-refractivity contribution in [2.75, 3.05) is 17.1 Å². The van der Waals surface area contributed by atoms with Gasteiger partial charge >= 0.3 is 0 Å². The van der Waals surface area contributed by atoms with Crippen molar-refractivity contribution in [2.24, 2.45) is 5.92 Å². The van der Waals surface area contributed by atoms with E-state index in [0.717, 1.165) is 5.56 Å². The molecule has 0 aromatic heterocycles. The molecule has 150 valence electrons. The molecule has 0 aliphatic heterocycles. The Morgan fingerprint density at radius 3 is 2.25 bits per heavy atom. The summed E-state index contributed by atoms with van der Waals surface area (Å²) in [6.07, 6.45) is 7.35. The fraction of sp³-hybridized carbons (Fsp3) is 0.409. The Kier molecular flexibility index (Phi) is 6.73. The van der Waals surface area contributed by atoms with E-state index in [0.29, 0.717) is 23.7 Å². The van der Waals surface area contributed by atoms with Crippen LogP contribution in [0.4, 0.5) is 5.69 Å². The quantitative estimate of drug-likeness (QED) is 0.765. The number of rotatable bonds is 7. The molecule has 0 spiro atoms. The van der Waals surface area contributed by atoms with E-state index in [1.807, 2.05) is 30.3 Å². The molecule has 1 aliphatic carbocycles. The van der Waals surface area contributed by atoms with Gasteiger partial charge in [0.25, 0.3) is 5.91 Å². The summed E-state index contributed by atoms with van der Waals surface area (Å²) >= 11 is 0. The minimum absolute atomic E-state index is 0.105. The van der Waals surface area contributed by atoms with Crippen LogP contribution in [0.15, 0.2) is 54.6 Å². The predicted molar refractivity (Wildman–Crippen MR) is 113 cm³/mol. The van der Waals surface area contributed by atoms with Crippen molar-refractivity contribution in [3.8, 4) is 0 Å². The van der Waals surface area contributed by atoms with Gasteiger partial charge in [0.15, 0.2) is 0 Å². The van der Waals surface area contributed by atoms with Crippen molar-refractivity contribution in [3.05, 3.63) is 65.7 Å². The molecule has 1 fully saturated rings. The van der Waals surface area contributed by atoms with Crippen LogP contribution in [-0.2, 0) is 16.6 Å². The lowest BCUT2D eigenvalue weighted by atomic mass is 9.89. The SMILES string of the molecule is CS(=O)(=O)N(Cc1ccccc1)c1ccc(C(=O)NCC2CCCCC2)cc1. The summed E-state index contributed by atoms with van der Waals surface area (Å²) in [5.74, 6) is 0.467. The smallest absolute Gasteiger partial charge is 0.251 e. The second kappa shape index (κ2) is 9.24. The first kappa shape index (κ1) is 20.4. The zero-order valence-electron chi connectivity index (χ0n) is 16.3. The van der Waals surface area contributed by atoms with E-state index in [1.165, 1.54) is 42.7 Å². The highest BCUT2D eigenvalue weighted by Gasteiger charge is 2.19. The number of carbonyl (C=O) groups is 1. The average molecular weight is 401 g/mol. The Labute approximate surface area is 167 Å². The van der Waals surface area contributed by atoms with Gasteiger partial charge in [-0.2, -0.15) is 0 Å². The van der Waals surface area contributed by atoms with Crippen LogP contribution in [0, 0.1) is 5.92 Å². The maximum Gasteiger partial charge on any atom is 0.251 e. The summed E-state index contributed by atoms with van der Waals surface area (Å²) < 4.78 is 25.9. The molecular weight excluding hydrogens is 372 g/mol. The van der Waals surface area contributed by atoms with E-state index in [9.17, 15) is 13.2 Å². The number of hydrogen-bond acceptors (Lipinski definition) is 3. The lowest BCUT2D eigenvalue weighted by Gasteiger charge is -2.23. The van der Waals surface area contributed by atoms with E-state index in [2.05, 4.69) is 5.32 Å². The van der Waals surface area contributed by atoms with Crippen LogP contribution >= 0.6 is 0 Å². The number of nitrogens with zero attached hydrogens (tertiary/aromatic N) is 1. The number of carbonyl (C=O) groups excluding carboxylic acids is 1. The van der Waals surface area contributed by atoms with Crippen molar-refractivity contribution in [1.29, 1.82) is 0 Å². The molecule has 0 heterocycles. The molecule has 0 atom stereocenters. The van der Waals surface area contributed by atoms with Crippen LogP contribution in [0.25, 0.3) is 0 Å². The standard InChI is InChI=1S/C22H28N2O3S/c1-28(26,27)24(17-19-10-6-3-7-11-19)21-14-12-20(13-15-21)22(25)23-16-18-8-4-2-5-9-18/h3,6-7,10-15,18H,2,4-5,8-9,16-17H2,1H3,(H,23,25). The van der Waals surface area contributed by atoms with Crippen molar-refractivity contribution in [1.82, 2.24) is 5.32 Å². The molecule has 1 N–H and O–H groups in total. The van der Waals surface area contributed by atoms with Crippen molar-refractivity contribution in [3.63, 3.8) is 0 Å². The van der Waals surface area contributed by atoms with Gasteiger partial charge in [0, 0.05) is 12.1 Å². The van der Waals surface area contributed by atoms with Crippen LogP contribution < -0.4 is 9.62 Å². The minimum Gasteiger partial charge on any atom is -0.352 e. The van der Waals surface area contributed by atoms with E-state index in [-0.39, 0.29) is 12.5 Å². The van der Waals surface area contributed by atoms with Gasteiger partial charge in [-0.15, -0.1) is 0 Å². The van der Waals surface area contributed by atoms with Gasteiger partial charge in [-0.05, 0) is 48.6 Å². The molecule has 1 saturated carbocycles. The van der Waals surface area contributed by atoms with Crippen LogP contribution in [0.2, 0.25) is 0 Å². The van der Waals surface area contributed by atoms with Crippen molar-refractivity contribution in [2.45, 2.75) is 38.6 Å². The highest BCUT2D eigenvalue weighted by atomic mass is 32.2. The highest BCUT2D eigenvalue weighted by Crippen LogP contribution is 2.23. The number of sulfonamides is 1. The lowest BCUT2D eigenvalue weighted by Crippen LogP contribution is -2.31. The number of hydrogen-bond donors (Lipinski definition) is 1. The normalized spacial score (nSPS) is 15.2. The fourth-order valence-electron chi connectivity index (χ4n) is 3.66. The summed E-state index contributed by atoms with van der Waals surface area (Å²) in [6, 6.07) is 16.2. The Bertz CT molecular complexity index is 874. The van der Waals surface area contributed by atoms with Gasteiger partial charge in [0.05, 0.1) is 18.5 Å². The van der Waals surface area contributed by atoms with Gasteiger partial charge in [0.2, 0.25) is 10.0 Å². The lowest BCUT2D eigenvalue weighted by molar-refractivity contribution is 0.0943. The van der Waals surface area contributed by atoms with E-state index in [4.69, 9.17) is 0 Å². The van der Waals surface area contributed by atoms with Crippen LogP contribution in [0.1, 0.15) is 48.0 Å². The summed E-state index contributed by atoms with van der Waals surface area (Å²) in [6.45, 7) is 0.969. The third-order valence-electron chi connectivity index (χ3n) is 5.26. The summed E-state index contributed by atoms with van der Waals surface area (Å²) in [5.41, 5.74) is 2.00. The number of benzene rings is 2. The molecule has 0 bridgehead atoms. The number of amides is 1. The Balaban J connectivity index is 1.67. The Hall–Kier alpha value is -2.34. The summed E-state index contributed by atoms with van der Waals surface area (Å²) in [7, 11) is -3.44. The first-order valence-corrected chi connectivity index (χ1v) is 11.7. The maximum absolute atomic E-state index is 12.4. The summed E-state index contributed by atoms with van der Waals surface area (Å²) in [5, 5.41) is 3.02. The first-order chi connectivity index (χ1) is 13.4. The fourth-order valence-corrected chi connectivity index (χ4v) is 4.55. The van der Waals surface area contributed by atoms with E-state index in [1.54, 1.807) is 24.3 Å². The van der Waals surface area contributed by atoms with Gasteiger partial charge in [-0.1, -0.05) is 49.6 Å². The van der Waals surface area contributed by atoms with E-state index >= 15 is 0 Å². The molecular formula is C22H28N2O3S. The monoisotopic (exact) mass is 400 g/mol. The molecule has 0 unspecified atom stereocenters. The van der Waals surface area contributed by atoms with Gasteiger partial charge in [0.1, 0.15) is 0 Å². The van der Waals surface area contributed by atoms with Gasteiger partial charge in [-0.25, -0.2) is 8.42 Å². The van der Waals surface area contributed by atoms with Crippen LogP contribution in [0.5, 0.6) is 0 Å². The number of anilines is 1.